The first-order valence-electron chi connectivity index (χ1n) is 8.60. The van der Waals surface area contributed by atoms with E-state index in [0.29, 0.717) is 27.5 Å². The topological polar surface area (TPSA) is 57.0 Å². The highest BCUT2D eigenvalue weighted by Gasteiger charge is 2.26. The monoisotopic (exact) mass is 449 g/mol. The molecule has 0 amide bonds. The fraction of sp³-hybridized carbons (Fsp3) is 0.350. The lowest BCUT2D eigenvalue weighted by Gasteiger charge is -2.25. The van der Waals surface area contributed by atoms with E-state index in [1.165, 1.54) is 11.7 Å². The summed E-state index contributed by atoms with van der Waals surface area (Å²) in [6.45, 7) is 9.67. The Morgan fingerprint density at radius 2 is 1.85 bits per heavy atom. The summed E-state index contributed by atoms with van der Waals surface area (Å²) in [7, 11) is 0. The molecule has 142 valence electrons. The summed E-state index contributed by atoms with van der Waals surface area (Å²) in [6, 6.07) is 9.34. The van der Waals surface area contributed by atoms with Gasteiger partial charge in [-0.1, -0.05) is 54.4 Å². The Kier molecular flexibility index (Phi) is 5.32. The molecule has 27 heavy (non-hydrogen) atoms. The highest BCUT2D eigenvalue weighted by molar-refractivity contribution is 9.09. The number of aromatic nitrogens is 3. The number of esters is 1. The lowest BCUT2D eigenvalue weighted by atomic mass is 9.84. The zero-order chi connectivity index (χ0) is 19.9. The summed E-state index contributed by atoms with van der Waals surface area (Å²) >= 11 is 9.71. The number of rotatable bonds is 3. The van der Waals surface area contributed by atoms with Crippen LogP contribution in [0, 0.1) is 0 Å². The second-order valence-electron chi connectivity index (χ2n) is 7.50. The maximum Gasteiger partial charge on any atom is 0.308 e. The number of carbonyl (C=O) groups excluding carboxylic acids is 1. The minimum absolute atomic E-state index is 0.114. The van der Waals surface area contributed by atoms with Gasteiger partial charge in [-0.2, -0.15) is 0 Å². The molecule has 1 unspecified atom stereocenters. The Hall–Kier alpha value is -1.92. The lowest BCUT2D eigenvalue weighted by molar-refractivity contribution is -0.131. The van der Waals surface area contributed by atoms with Crippen molar-refractivity contribution in [3.8, 4) is 11.4 Å². The van der Waals surface area contributed by atoms with Crippen LogP contribution in [-0.2, 0) is 10.2 Å². The van der Waals surface area contributed by atoms with Gasteiger partial charge in [-0.15, -0.1) is 15.0 Å². The van der Waals surface area contributed by atoms with Crippen LogP contribution in [0.2, 0.25) is 5.02 Å². The molecule has 3 aromatic rings. The summed E-state index contributed by atoms with van der Waals surface area (Å²) < 4.78 is 5.63. The molecule has 0 saturated heterocycles. The Balaban J connectivity index is 2.33. The molecule has 5 nitrogen and oxygen atoms in total. The predicted octanol–water partition coefficient (Wildman–Crippen LogP) is 5.75. The Morgan fingerprint density at radius 3 is 2.44 bits per heavy atom. The number of carbonyl (C=O) groups is 1. The molecule has 0 spiro atoms. The first kappa shape index (κ1) is 19.8. The largest absolute Gasteiger partial charge is 0.424 e. The van der Waals surface area contributed by atoms with Gasteiger partial charge in [-0.25, -0.2) is 0 Å². The highest BCUT2D eigenvalue weighted by atomic mass is 79.9. The van der Waals surface area contributed by atoms with E-state index in [1.807, 2.05) is 19.1 Å². The summed E-state index contributed by atoms with van der Waals surface area (Å²) in [6.07, 6.45) is 0. The van der Waals surface area contributed by atoms with E-state index in [9.17, 15) is 4.79 Å². The summed E-state index contributed by atoms with van der Waals surface area (Å²) in [5.74, 6) is 0.0828. The van der Waals surface area contributed by atoms with Crippen molar-refractivity contribution >= 4 is 44.5 Å². The van der Waals surface area contributed by atoms with Crippen molar-refractivity contribution in [1.82, 2.24) is 15.0 Å². The zero-order valence-electron chi connectivity index (χ0n) is 15.9. The van der Waals surface area contributed by atoms with E-state index in [2.05, 4.69) is 53.0 Å². The van der Waals surface area contributed by atoms with Crippen molar-refractivity contribution in [3.05, 3.63) is 46.5 Å². The Bertz CT molecular complexity index is 1020. The number of fused-ring (bicyclic) bond motifs is 1. The molecule has 1 atom stereocenters. The first-order chi connectivity index (χ1) is 12.6. The quantitative estimate of drug-likeness (QED) is 0.289. The molecule has 0 saturated carbocycles. The van der Waals surface area contributed by atoms with Crippen LogP contribution in [-0.4, -0.2) is 21.0 Å². The van der Waals surface area contributed by atoms with Crippen LogP contribution in [0.4, 0.5) is 0 Å². The molecule has 0 aliphatic rings. The molecule has 0 aliphatic carbocycles. The van der Waals surface area contributed by atoms with Gasteiger partial charge in [0.25, 0.3) is 0 Å². The number of hydrogen-bond donors (Lipinski definition) is 0. The third-order valence-corrected chi connectivity index (χ3v) is 4.93. The smallest absolute Gasteiger partial charge is 0.308 e. The molecule has 0 N–H and O–H groups in total. The van der Waals surface area contributed by atoms with Crippen molar-refractivity contribution in [3.63, 3.8) is 0 Å². The highest BCUT2D eigenvalue weighted by Crippen LogP contribution is 2.40. The van der Waals surface area contributed by atoms with Crippen molar-refractivity contribution in [2.24, 2.45) is 0 Å². The Morgan fingerprint density at radius 1 is 1.19 bits per heavy atom. The zero-order valence-corrected chi connectivity index (χ0v) is 18.2. The molecule has 1 aromatic heterocycles. The summed E-state index contributed by atoms with van der Waals surface area (Å²) in [5, 5.41) is 9.70. The standard InChI is InChI=1S/C20H21BrClN3O2/c1-11(21)13-8-15(20(3,4)5)19(27-12(2)26)18(9-13)25-23-16-7-6-14(22)10-17(16)24-25/h6-11H,1-5H3. The maximum atomic E-state index is 11.8. The van der Waals surface area contributed by atoms with Crippen LogP contribution in [0.15, 0.2) is 30.3 Å². The fourth-order valence-corrected chi connectivity index (χ4v) is 3.25. The normalized spacial score (nSPS) is 13.0. The number of halogens is 2. The van der Waals surface area contributed by atoms with Crippen molar-refractivity contribution in [2.45, 2.75) is 44.9 Å². The molecule has 0 fully saturated rings. The van der Waals surface area contributed by atoms with E-state index in [4.69, 9.17) is 16.3 Å². The minimum Gasteiger partial charge on any atom is -0.424 e. The van der Waals surface area contributed by atoms with Gasteiger partial charge >= 0.3 is 5.97 Å². The van der Waals surface area contributed by atoms with Gasteiger partial charge in [0.2, 0.25) is 0 Å². The average molecular weight is 451 g/mol. The van der Waals surface area contributed by atoms with Crippen LogP contribution in [0.3, 0.4) is 0 Å². The van der Waals surface area contributed by atoms with Crippen LogP contribution in [0.25, 0.3) is 16.7 Å². The number of hydrogen-bond acceptors (Lipinski definition) is 4. The molecule has 0 aliphatic heterocycles. The molecule has 7 heteroatoms. The van der Waals surface area contributed by atoms with Gasteiger partial charge in [0, 0.05) is 22.3 Å². The third kappa shape index (κ3) is 4.17. The maximum absolute atomic E-state index is 11.8. The van der Waals surface area contributed by atoms with Crippen LogP contribution < -0.4 is 4.74 Å². The summed E-state index contributed by atoms with van der Waals surface area (Å²) in [4.78, 5) is 13.4. The number of alkyl halides is 1. The van der Waals surface area contributed by atoms with Gasteiger partial charge in [-0.3, -0.25) is 4.79 Å². The van der Waals surface area contributed by atoms with Crippen LogP contribution in [0.1, 0.15) is 50.6 Å². The first-order valence-corrected chi connectivity index (χ1v) is 9.89. The molecule has 1 heterocycles. The number of ether oxygens (including phenoxy) is 1. The SMILES string of the molecule is CC(=O)Oc1c(-n2nc3ccc(Cl)cc3n2)cc(C(C)Br)cc1C(C)(C)C. The third-order valence-electron chi connectivity index (χ3n) is 4.16. The number of benzene rings is 2. The van der Waals surface area contributed by atoms with E-state index in [-0.39, 0.29) is 16.2 Å². The van der Waals surface area contributed by atoms with Gasteiger partial charge in [0.15, 0.2) is 5.75 Å². The number of nitrogens with zero attached hydrogens (tertiary/aromatic N) is 3. The molecule has 2 aromatic carbocycles. The molecule has 0 bridgehead atoms. The van der Waals surface area contributed by atoms with E-state index < -0.39 is 0 Å². The van der Waals surface area contributed by atoms with Gasteiger partial charge in [0.05, 0.1) is 0 Å². The van der Waals surface area contributed by atoms with E-state index in [1.54, 1.807) is 12.1 Å². The molecular weight excluding hydrogens is 430 g/mol. The van der Waals surface area contributed by atoms with Gasteiger partial charge < -0.3 is 4.74 Å². The van der Waals surface area contributed by atoms with Crippen molar-refractivity contribution in [1.29, 1.82) is 0 Å². The summed E-state index contributed by atoms with van der Waals surface area (Å²) in [5.41, 5.74) is 3.72. The fourth-order valence-electron chi connectivity index (χ4n) is 2.82. The van der Waals surface area contributed by atoms with Gasteiger partial charge in [0.1, 0.15) is 16.7 Å². The minimum atomic E-state index is -0.388. The van der Waals surface area contributed by atoms with Gasteiger partial charge in [-0.05, 0) is 42.2 Å². The van der Waals surface area contributed by atoms with Crippen molar-refractivity contribution in [2.75, 3.05) is 0 Å². The lowest BCUT2D eigenvalue weighted by Crippen LogP contribution is -2.18. The molecule has 3 rings (SSSR count). The second kappa shape index (κ2) is 7.24. The second-order valence-corrected chi connectivity index (χ2v) is 9.31. The van der Waals surface area contributed by atoms with Crippen LogP contribution >= 0.6 is 27.5 Å². The van der Waals surface area contributed by atoms with E-state index >= 15 is 0 Å². The molecular formula is C20H21BrClN3O2. The van der Waals surface area contributed by atoms with Crippen LogP contribution in [0.5, 0.6) is 5.75 Å². The average Bonchev–Trinajstić information content (AvgIpc) is 2.95. The Labute approximate surface area is 171 Å². The predicted molar refractivity (Wildman–Crippen MR) is 111 cm³/mol. The van der Waals surface area contributed by atoms with E-state index in [0.717, 1.165) is 11.1 Å². The van der Waals surface area contributed by atoms with Crippen molar-refractivity contribution < 1.29 is 9.53 Å². The molecule has 0 radical (unpaired) electrons.